The van der Waals surface area contributed by atoms with E-state index in [-0.39, 0.29) is 42.4 Å². The van der Waals surface area contributed by atoms with Gasteiger partial charge in [0.05, 0.1) is 42.7 Å². The number of hydrogen-bond acceptors (Lipinski definition) is 9. The lowest BCUT2D eigenvalue weighted by atomic mass is 9.92. The van der Waals surface area contributed by atoms with Gasteiger partial charge in [-0.15, -0.1) is 0 Å². The molecule has 2 aromatic carbocycles. The zero-order chi connectivity index (χ0) is 46.3. The van der Waals surface area contributed by atoms with Crippen LogP contribution in [0, 0.1) is 17.8 Å². The van der Waals surface area contributed by atoms with Crippen LogP contribution in [0.4, 0.5) is 5.69 Å². The molecule has 1 heterocycles. The zero-order valence-corrected chi connectivity index (χ0v) is 39.0. The van der Waals surface area contributed by atoms with Gasteiger partial charge in [0, 0.05) is 53.5 Å². The van der Waals surface area contributed by atoms with E-state index >= 15 is 0 Å². The second-order valence-corrected chi connectivity index (χ2v) is 17.4. The molecule has 0 unspecified atom stereocenters. The minimum absolute atomic E-state index is 0.0328. The quantitative estimate of drug-likeness (QED) is 0.0996. The Morgan fingerprint density at radius 2 is 1.52 bits per heavy atom. The summed E-state index contributed by atoms with van der Waals surface area (Å²) in [6.45, 7) is 16.8. The number of carboxylic acid groups (broad SMARTS) is 1. The Morgan fingerprint density at radius 3 is 2.05 bits per heavy atom. The van der Waals surface area contributed by atoms with Crippen molar-refractivity contribution >= 4 is 35.3 Å². The number of anilines is 1. The van der Waals surface area contributed by atoms with Crippen molar-refractivity contribution in [2.45, 2.75) is 122 Å². The summed E-state index contributed by atoms with van der Waals surface area (Å²) in [6, 6.07) is 13.7. The first-order chi connectivity index (χ1) is 29.4. The van der Waals surface area contributed by atoms with Crippen LogP contribution < -0.4 is 16.0 Å². The molecule has 344 valence electrons. The van der Waals surface area contributed by atoms with Gasteiger partial charge in [-0.1, -0.05) is 96.2 Å². The number of aliphatic carboxylic acids is 1. The van der Waals surface area contributed by atoms with E-state index < -0.39 is 60.2 Å². The molecule has 1 saturated heterocycles. The van der Waals surface area contributed by atoms with Gasteiger partial charge in [-0.2, -0.15) is 0 Å². The van der Waals surface area contributed by atoms with Crippen LogP contribution in [0.1, 0.15) is 78.4 Å². The Hall–Kier alpha value is -4.79. The van der Waals surface area contributed by atoms with Gasteiger partial charge in [-0.3, -0.25) is 24.1 Å². The molecule has 0 aliphatic carbocycles. The van der Waals surface area contributed by atoms with Gasteiger partial charge in [-0.25, -0.2) is 4.79 Å². The molecule has 1 aliphatic rings. The Labute approximate surface area is 370 Å². The standard InChI is InChI=1S/C48H74N6O8/c1-13-32(6)43(53(10)47(58)41(30(2)3)51-46(57)42(31(4)5)52(9)27-25-34-21-23-36(49-8)24-22-34)39(61-11)29-40(55)54-26-17-20-38(54)44(62-12)33(7)45(56)50-37(48(59)60)28-35-18-15-14-16-19-35/h14-16,18-19,21-24,30-31,33,37-39,41-44,49H,6,13,17,20,25-29H2,1-5,7-12H3,(H,50,56)(H,51,57)(H,59,60)/t33-,37+,38+,39-,41+,42+,43+,44-/m1/s1. The summed E-state index contributed by atoms with van der Waals surface area (Å²) in [7, 11) is 8.48. The van der Waals surface area contributed by atoms with Gasteiger partial charge >= 0.3 is 5.97 Å². The number of rotatable bonds is 25. The van der Waals surface area contributed by atoms with Crippen molar-refractivity contribution in [1.82, 2.24) is 25.3 Å². The monoisotopic (exact) mass is 863 g/mol. The second kappa shape index (κ2) is 24.7. The van der Waals surface area contributed by atoms with Crippen LogP contribution in [-0.2, 0) is 46.3 Å². The number of likely N-dealkylation sites (tertiary alicyclic amines) is 1. The summed E-state index contributed by atoms with van der Waals surface area (Å²) < 4.78 is 11.9. The number of likely N-dealkylation sites (N-methyl/N-ethyl adjacent to an activating group) is 2. The molecule has 2 aromatic rings. The highest BCUT2D eigenvalue weighted by atomic mass is 16.5. The zero-order valence-electron chi connectivity index (χ0n) is 39.0. The Balaban J connectivity index is 1.76. The third-order valence-corrected chi connectivity index (χ3v) is 12.3. The van der Waals surface area contributed by atoms with Gasteiger partial charge < -0.3 is 40.3 Å². The van der Waals surface area contributed by atoms with Crippen molar-refractivity contribution in [3.8, 4) is 0 Å². The summed E-state index contributed by atoms with van der Waals surface area (Å²) in [5.74, 6) is -3.48. The van der Waals surface area contributed by atoms with E-state index in [1.807, 2.05) is 96.1 Å². The van der Waals surface area contributed by atoms with Gasteiger partial charge in [0.2, 0.25) is 23.6 Å². The van der Waals surface area contributed by atoms with Crippen LogP contribution in [-0.4, -0.2) is 140 Å². The van der Waals surface area contributed by atoms with Crippen molar-refractivity contribution in [2.24, 2.45) is 17.8 Å². The van der Waals surface area contributed by atoms with Gasteiger partial charge in [0.25, 0.3) is 0 Å². The topological polar surface area (TPSA) is 170 Å². The first-order valence-corrected chi connectivity index (χ1v) is 22.0. The minimum atomic E-state index is -1.15. The Bertz CT molecular complexity index is 1770. The normalized spacial score (nSPS) is 17.5. The molecule has 1 aliphatic heterocycles. The SMILES string of the molecule is C=C(CC)[C@@H]([C@@H](CC(=O)N1CCC[C@H]1[C@H](OC)[C@@H](C)C(=O)N[C@@H](Cc1ccccc1)C(=O)O)OC)N(C)C(=O)[C@@H](NC(=O)[C@H](C(C)C)N(C)CCc1ccc(NC)cc1)C(C)C. The number of carbonyl (C=O) groups excluding carboxylic acids is 4. The number of benzene rings is 2. The van der Waals surface area contributed by atoms with E-state index in [4.69, 9.17) is 9.47 Å². The predicted molar refractivity (Wildman–Crippen MR) is 244 cm³/mol. The maximum Gasteiger partial charge on any atom is 0.326 e. The second-order valence-electron chi connectivity index (χ2n) is 17.4. The van der Waals surface area contributed by atoms with Crippen molar-refractivity contribution in [2.75, 3.05) is 53.8 Å². The molecule has 0 spiro atoms. The van der Waals surface area contributed by atoms with Crippen LogP contribution >= 0.6 is 0 Å². The van der Waals surface area contributed by atoms with E-state index in [0.717, 1.165) is 23.2 Å². The number of nitrogens with one attached hydrogen (secondary N) is 3. The lowest BCUT2D eigenvalue weighted by molar-refractivity contribution is -0.146. The van der Waals surface area contributed by atoms with Crippen LogP contribution in [0.15, 0.2) is 66.7 Å². The fourth-order valence-corrected chi connectivity index (χ4v) is 8.65. The molecule has 62 heavy (non-hydrogen) atoms. The third kappa shape index (κ3) is 13.9. The van der Waals surface area contributed by atoms with E-state index in [1.165, 1.54) is 14.2 Å². The first-order valence-electron chi connectivity index (χ1n) is 22.0. The van der Waals surface area contributed by atoms with Gasteiger partial charge in [-0.05, 0) is 67.8 Å². The number of nitrogens with zero attached hydrogens (tertiary/aromatic N) is 3. The van der Waals surface area contributed by atoms with Crippen LogP contribution in [0.2, 0.25) is 0 Å². The maximum absolute atomic E-state index is 14.5. The average Bonchev–Trinajstić information content (AvgIpc) is 3.74. The number of hydrogen-bond donors (Lipinski definition) is 4. The fourth-order valence-electron chi connectivity index (χ4n) is 8.65. The van der Waals surface area contributed by atoms with Crippen molar-refractivity contribution < 1.29 is 38.6 Å². The molecule has 4 amide bonds. The number of carbonyl (C=O) groups is 5. The van der Waals surface area contributed by atoms with E-state index in [1.54, 1.807) is 23.8 Å². The maximum atomic E-state index is 14.5. The molecule has 0 saturated carbocycles. The molecule has 0 aromatic heterocycles. The highest BCUT2D eigenvalue weighted by molar-refractivity contribution is 5.90. The van der Waals surface area contributed by atoms with E-state index in [2.05, 4.69) is 34.7 Å². The number of methoxy groups -OCH3 is 2. The molecule has 3 rings (SSSR count). The fraction of sp³-hybridized carbons (Fsp3) is 0.604. The molecule has 4 N–H and O–H groups in total. The summed E-state index contributed by atoms with van der Waals surface area (Å²) in [4.78, 5) is 73.9. The smallest absolute Gasteiger partial charge is 0.326 e. The highest BCUT2D eigenvalue weighted by Crippen LogP contribution is 2.29. The van der Waals surface area contributed by atoms with Crippen molar-refractivity contribution in [3.05, 3.63) is 77.9 Å². The van der Waals surface area contributed by atoms with Crippen LogP contribution in [0.3, 0.4) is 0 Å². The van der Waals surface area contributed by atoms with Gasteiger partial charge in [0.1, 0.15) is 12.1 Å². The number of ether oxygens (including phenoxy) is 2. The van der Waals surface area contributed by atoms with Crippen molar-refractivity contribution in [1.29, 1.82) is 0 Å². The number of carboxylic acids is 1. The van der Waals surface area contributed by atoms with Crippen molar-refractivity contribution in [3.63, 3.8) is 0 Å². The largest absolute Gasteiger partial charge is 0.480 e. The summed E-state index contributed by atoms with van der Waals surface area (Å²) in [6.07, 6.45) is 1.08. The number of amides is 4. The minimum Gasteiger partial charge on any atom is -0.480 e. The Morgan fingerprint density at radius 1 is 0.871 bits per heavy atom. The Kier molecular flexibility index (Phi) is 20.6. The molecular formula is C48H74N6O8. The first kappa shape index (κ1) is 51.6. The van der Waals surface area contributed by atoms with E-state index in [0.29, 0.717) is 37.9 Å². The van der Waals surface area contributed by atoms with Crippen LogP contribution in [0.25, 0.3) is 0 Å². The third-order valence-electron chi connectivity index (χ3n) is 12.3. The molecule has 14 nitrogen and oxygen atoms in total. The summed E-state index contributed by atoms with van der Waals surface area (Å²) in [5.41, 5.74) is 3.66. The molecule has 8 atom stereocenters. The summed E-state index contributed by atoms with van der Waals surface area (Å²) >= 11 is 0. The average molecular weight is 863 g/mol. The molecule has 0 radical (unpaired) electrons. The molecule has 0 bridgehead atoms. The van der Waals surface area contributed by atoms with Crippen LogP contribution in [0.5, 0.6) is 0 Å². The van der Waals surface area contributed by atoms with E-state index in [9.17, 15) is 29.1 Å². The highest BCUT2D eigenvalue weighted by Gasteiger charge is 2.43. The summed E-state index contributed by atoms with van der Waals surface area (Å²) in [5, 5.41) is 18.8. The molecule has 1 fully saturated rings. The lowest BCUT2D eigenvalue weighted by Gasteiger charge is -2.39. The molecule has 14 heteroatoms. The lowest BCUT2D eigenvalue weighted by Crippen LogP contribution is -2.59. The van der Waals surface area contributed by atoms with Gasteiger partial charge in [0.15, 0.2) is 0 Å². The molecular weight excluding hydrogens is 789 g/mol. The predicted octanol–water partition coefficient (Wildman–Crippen LogP) is 5.02.